The largest absolute Gasteiger partial charge is 0.345 e. The van der Waals surface area contributed by atoms with Gasteiger partial charge in [0.2, 0.25) is 5.91 Å². The number of carbonyl (C=O) groups is 1. The van der Waals surface area contributed by atoms with Gasteiger partial charge in [-0.1, -0.05) is 0 Å². The fourth-order valence-electron chi connectivity index (χ4n) is 2.98. The van der Waals surface area contributed by atoms with E-state index < -0.39 is 0 Å². The van der Waals surface area contributed by atoms with Crippen molar-refractivity contribution in [1.82, 2.24) is 15.2 Å². The van der Waals surface area contributed by atoms with E-state index >= 15 is 0 Å². The van der Waals surface area contributed by atoms with E-state index in [9.17, 15) is 4.79 Å². The van der Waals surface area contributed by atoms with Gasteiger partial charge in [0.25, 0.3) is 0 Å². The van der Waals surface area contributed by atoms with Gasteiger partial charge in [-0.2, -0.15) is 0 Å². The van der Waals surface area contributed by atoms with Gasteiger partial charge in [0, 0.05) is 44.2 Å². The van der Waals surface area contributed by atoms with Crippen molar-refractivity contribution in [2.24, 2.45) is 5.92 Å². The number of amides is 1. The normalized spacial score (nSPS) is 21.2. The Kier molecular flexibility index (Phi) is 4.52. The average Bonchev–Trinajstić information content (AvgIpc) is 3.03. The summed E-state index contributed by atoms with van der Waals surface area (Å²) in [4.78, 5) is 21.0. The van der Waals surface area contributed by atoms with Crippen LogP contribution < -0.4 is 10.2 Å². The molecule has 20 heavy (non-hydrogen) atoms. The molecule has 2 aliphatic heterocycles. The lowest BCUT2D eigenvalue weighted by Crippen LogP contribution is -2.49. The Labute approximate surface area is 124 Å². The van der Waals surface area contributed by atoms with E-state index in [0.717, 1.165) is 63.7 Å². The van der Waals surface area contributed by atoms with Crippen LogP contribution in [0.2, 0.25) is 0 Å². The van der Waals surface area contributed by atoms with Crippen LogP contribution in [0.25, 0.3) is 0 Å². The molecule has 0 radical (unpaired) electrons. The molecular formula is C14H22N4OS. The van der Waals surface area contributed by atoms with Gasteiger partial charge in [-0.3, -0.25) is 4.79 Å². The second-order valence-corrected chi connectivity index (χ2v) is 6.45. The van der Waals surface area contributed by atoms with E-state index in [1.54, 1.807) is 11.3 Å². The number of rotatable bonds is 3. The number of nitrogens with zero attached hydrogens (tertiary/aromatic N) is 3. The molecule has 0 unspecified atom stereocenters. The summed E-state index contributed by atoms with van der Waals surface area (Å²) >= 11 is 1.67. The highest BCUT2D eigenvalue weighted by Crippen LogP contribution is 2.21. The quantitative estimate of drug-likeness (QED) is 0.909. The number of piperidine rings is 1. The van der Waals surface area contributed by atoms with Crippen molar-refractivity contribution < 1.29 is 4.79 Å². The van der Waals surface area contributed by atoms with Crippen LogP contribution in [0, 0.1) is 5.92 Å². The van der Waals surface area contributed by atoms with Crippen LogP contribution in [0.1, 0.15) is 19.3 Å². The molecule has 1 amide bonds. The number of hydrogen-bond acceptors (Lipinski definition) is 5. The Morgan fingerprint density at radius 3 is 2.70 bits per heavy atom. The second-order valence-electron chi connectivity index (χ2n) is 5.58. The van der Waals surface area contributed by atoms with Crippen molar-refractivity contribution in [2.75, 3.05) is 44.2 Å². The van der Waals surface area contributed by atoms with Crippen LogP contribution in [-0.4, -0.2) is 55.1 Å². The SMILES string of the molecule is O=C(CC1CCNCC1)N1CCN(c2nccs2)CC1. The number of hydrogen-bond donors (Lipinski definition) is 1. The molecule has 0 aliphatic carbocycles. The zero-order chi connectivity index (χ0) is 13.8. The molecule has 3 rings (SSSR count). The van der Waals surface area contributed by atoms with Crippen LogP contribution in [-0.2, 0) is 4.79 Å². The molecule has 2 aliphatic rings. The van der Waals surface area contributed by atoms with E-state index in [1.807, 2.05) is 16.5 Å². The Morgan fingerprint density at radius 1 is 1.30 bits per heavy atom. The molecule has 5 nitrogen and oxygen atoms in total. The van der Waals surface area contributed by atoms with Crippen molar-refractivity contribution in [3.05, 3.63) is 11.6 Å². The highest BCUT2D eigenvalue weighted by atomic mass is 32.1. The van der Waals surface area contributed by atoms with Crippen LogP contribution >= 0.6 is 11.3 Å². The van der Waals surface area contributed by atoms with Crippen LogP contribution in [0.3, 0.4) is 0 Å². The monoisotopic (exact) mass is 294 g/mol. The van der Waals surface area contributed by atoms with Gasteiger partial charge in [-0.05, 0) is 31.8 Å². The molecule has 0 bridgehead atoms. The first-order valence-corrected chi connectivity index (χ1v) is 8.34. The molecule has 2 fully saturated rings. The predicted molar refractivity (Wildman–Crippen MR) is 81.1 cm³/mol. The average molecular weight is 294 g/mol. The second kappa shape index (κ2) is 6.54. The maximum Gasteiger partial charge on any atom is 0.222 e. The number of carbonyl (C=O) groups excluding carboxylic acids is 1. The molecule has 3 heterocycles. The molecular weight excluding hydrogens is 272 g/mol. The third-order valence-corrected chi connectivity index (χ3v) is 5.08. The zero-order valence-corrected chi connectivity index (χ0v) is 12.6. The maximum atomic E-state index is 12.3. The van der Waals surface area contributed by atoms with Crippen LogP contribution in [0.15, 0.2) is 11.6 Å². The highest BCUT2D eigenvalue weighted by Gasteiger charge is 2.25. The first-order chi connectivity index (χ1) is 9.83. The minimum atomic E-state index is 0.343. The third kappa shape index (κ3) is 3.30. The molecule has 1 aromatic rings. The van der Waals surface area contributed by atoms with Crippen molar-refractivity contribution in [2.45, 2.75) is 19.3 Å². The van der Waals surface area contributed by atoms with E-state index in [2.05, 4.69) is 15.2 Å². The third-order valence-electron chi connectivity index (χ3n) is 4.24. The van der Waals surface area contributed by atoms with Gasteiger partial charge in [0.15, 0.2) is 5.13 Å². The zero-order valence-electron chi connectivity index (χ0n) is 11.8. The summed E-state index contributed by atoms with van der Waals surface area (Å²) in [6.07, 6.45) is 4.86. The predicted octanol–water partition coefficient (Wildman–Crippen LogP) is 1.18. The van der Waals surface area contributed by atoms with Crippen molar-refractivity contribution >= 4 is 22.4 Å². The van der Waals surface area contributed by atoms with E-state index in [4.69, 9.17) is 0 Å². The minimum Gasteiger partial charge on any atom is -0.345 e. The lowest BCUT2D eigenvalue weighted by molar-refractivity contribution is -0.132. The smallest absolute Gasteiger partial charge is 0.222 e. The first-order valence-electron chi connectivity index (χ1n) is 7.46. The summed E-state index contributed by atoms with van der Waals surface area (Å²) in [6.45, 7) is 5.62. The first kappa shape index (κ1) is 13.8. The number of anilines is 1. The minimum absolute atomic E-state index is 0.343. The standard InChI is InChI=1S/C14H22N4OS/c19-13(11-12-1-3-15-4-2-12)17-6-8-18(9-7-17)14-16-5-10-20-14/h5,10,12,15H,1-4,6-9,11H2. The lowest BCUT2D eigenvalue weighted by atomic mass is 9.94. The summed E-state index contributed by atoms with van der Waals surface area (Å²) in [5.41, 5.74) is 0. The number of piperazine rings is 1. The molecule has 1 N–H and O–H groups in total. The van der Waals surface area contributed by atoms with E-state index in [1.165, 1.54) is 0 Å². The Hall–Kier alpha value is -1.14. The van der Waals surface area contributed by atoms with Crippen molar-refractivity contribution in [1.29, 1.82) is 0 Å². The summed E-state index contributed by atoms with van der Waals surface area (Å²) < 4.78 is 0. The van der Waals surface area contributed by atoms with Crippen molar-refractivity contribution in [3.63, 3.8) is 0 Å². The van der Waals surface area contributed by atoms with Gasteiger partial charge < -0.3 is 15.1 Å². The summed E-state index contributed by atoms with van der Waals surface area (Å²) in [6, 6.07) is 0. The number of thiazole rings is 1. The Morgan fingerprint density at radius 2 is 2.05 bits per heavy atom. The Bertz CT molecular complexity index is 422. The number of aromatic nitrogens is 1. The molecule has 6 heteroatoms. The van der Waals surface area contributed by atoms with E-state index in [-0.39, 0.29) is 0 Å². The fourth-order valence-corrected chi connectivity index (χ4v) is 3.68. The molecule has 0 aromatic carbocycles. The maximum absolute atomic E-state index is 12.3. The van der Waals surface area contributed by atoms with Crippen LogP contribution in [0.5, 0.6) is 0 Å². The van der Waals surface area contributed by atoms with Gasteiger partial charge >= 0.3 is 0 Å². The van der Waals surface area contributed by atoms with Gasteiger partial charge in [-0.15, -0.1) is 11.3 Å². The van der Waals surface area contributed by atoms with E-state index in [0.29, 0.717) is 11.8 Å². The molecule has 0 atom stereocenters. The number of nitrogens with one attached hydrogen (secondary N) is 1. The summed E-state index contributed by atoms with van der Waals surface area (Å²) in [5.74, 6) is 0.927. The molecule has 0 saturated carbocycles. The fraction of sp³-hybridized carbons (Fsp3) is 0.714. The summed E-state index contributed by atoms with van der Waals surface area (Å²) in [7, 11) is 0. The summed E-state index contributed by atoms with van der Waals surface area (Å²) in [5, 5.41) is 6.43. The highest BCUT2D eigenvalue weighted by molar-refractivity contribution is 7.13. The molecule has 1 aromatic heterocycles. The van der Waals surface area contributed by atoms with Gasteiger partial charge in [0.1, 0.15) is 0 Å². The Balaban J connectivity index is 1.46. The van der Waals surface area contributed by atoms with Gasteiger partial charge in [0.05, 0.1) is 0 Å². The molecule has 110 valence electrons. The molecule has 0 spiro atoms. The topological polar surface area (TPSA) is 48.5 Å². The molecule has 2 saturated heterocycles. The van der Waals surface area contributed by atoms with Crippen molar-refractivity contribution in [3.8, 4) is 0 Å². The van der Waals surface area contributed by atoms with Crippen LogP contribution in [0.4, 0.5) is 5.13 Å². The van der Waals surface area contributed by atoms with Gasteiger partial charge in [-0.25, -0.2) is 4.98 Å². The lowest BCUT2D eigenvalue weighted by Gasteiger charge is -2.35.